The molecule has 2 aromatic carbocycles. The van der Waals surface area contributed by atoms with Gasteiger partial charge in [-0.3, -0.25) is 15.6 Å². The maximum atomic E-state index is 12.0. The summed E-state index contributed by atoms with van der Waals surface area (Å²) in [5.74, 6) is 0.836. The monoisotopic (exact) mass is 397 g/mol. The molecule has 0 aliphatic heterocycles. The van der Waals surface area contributed by atoms with Crippen LogP contribution in [0.1, 0.15) is 11.1 Å². The predicted molar refractivity (Wildman–Crippen MR) is 116 cm³/mol. The summed E-state index contributed by atoms with van der Waals surface area (Å²) in [5.41, 5.74) is 7.93. The van der Waals surface area contributed by atoms with Gasteiger partial charge in [0.2, 0.25) is 0 Å². The standard InChI is InChI=1S/C21H23N3O3S/c1-4-13-27-18-11-7-16(14-19(18)26-3)8-12-20(25)23-24-21(28)22-17-9-5-15(2)6-10-17/h4-12,14H,1,13H2,2-3H3,(H,23,25)(H2,22,24,28)/b12-8+. The molecule has 3 N–H and O–H groups in total. The Bertz CT molecular complexity index is 864. The molecule has 0 fully saturated rings. The van der Waals surface area contributed by atoms with E-state index in [1.54, 1.807) is 31.4 Å². The van der Waals surface area contributed by atoms with Gasteiger partial charge in [0, 0.05) is 11.8 Å². The van der Waals surface area contributed by atoms with Crippen molar-refractivity contribution in [1.82, 2.24) is 10.9 Å². The van der Waals surface area contributed by atoms with Gasteiger partial charge in [0.15, 0.2) is 16.6 Å². The number of methoxy groups -OCH3 is 1. The second-order valence-corrected chi connectivity index (χ2v) is 6.19. The summed E-state index contributed by atoms with van der Waals surface area (Å²) >= 11 is 5.15. The van der Waals surface area contributed by atoms with Crippen LogP contribution in [0.3, 0.4) is 0 Å². The Morgan fingerprint density at radius 2 is 1.89 bits per heavy atom. The number of aryl methyl sites for hydroxylation is 1. The number of benzene rings is 2. The van der Waals surface area contributed by atoms with Crippen molar-refractivity contribution in [3.05, 3.63) is 72.3 Å². The summed E-state index contributed by atoms with van der Waals surface area (Å²) in [6.07, 6.45) is 4.70. The van der Waals surface area contributed by atoms with Crippen molar-refractivity contribution in [2.24, 2.45) is 0 Å². The Morgan fingerprint density at radius 1 is 1.14 bits per heavy atom. The zero-order valence-electron chi connectivity index (χ0n) is 15.8. The summed E-state index contributed by atoms with van der Waals surface area (Å²) in [5, 5.41) is 3.27. The quantitative estimate of drug-likeness (QED) is 0.287. The zero-order valence-corrected chi connectivity index (χ0v) is 16.6. The molecule has 2 rings (SSSR count). The van der Waals surface area contributed by atoms with Crippen molar-refractivity contribution >= 4 is 35.0 Å². The third-order valence-corrected chi connectivity index (χ3v) is 3.78. The number of anilines is 1. The number of amides is 1. The van der Waals surface area contributed by atoms with Gasteiger partial charge in [-0.05, 0) is 55.0 Å². The number of rotatable bonds is 7. The maximum absolute atomic E-state index is 12.0. The van der Waals surface area contributed by atoms with Gasteiger partial charge in [0.25, 0.3) is 5.91 Å². The highest BCUT2D eigenvalue weighted by molar-refractivity contribution is 7.80. The van der Waals surface area contributed by atoms with Gasteiger partial charge in [0.05, 0.1) is 7.11 Å². The number of hydrazine groups is 1. The minimum absolute atomic E-state index is 0.288. The second-order valence-electron chi connectivity index (χ2n) is 5.78. The van der Waals surface area contributed by atoms with E-state index in [1.807, 2.05) is 37.3 Å². The van der Waals surface area contributed by atoms with Gasteiger partial charge in [0.1, 0.15) is 6.61 Å². The van der Waals surface area contributed by atoms with Gasteiger partial charge in [-0.1, -0.05) is 36.4 Å². The average Bonchev–Trinajstić information content (AvgIpc) is 2.71. The van der Waals surface area contributed by atoms with Crippen LogP contribution in [0, 0.1) is 6.92 Å². The largest absolute Gasteiger partial charge is 0.493 e. The summed E-state index contributed by atoms with van der Waals surface area (Å²) < 4.78 is 10.8. The highest BCUT2D eigenvalue weighted by Crippen LogP contribution is 2.28. The molecule has 0 aromatic heterocycles. The molecule has 146 valence electrons. The van der Waals surface area contributed by atoms with Crippen LogP contribution in [0.15, 0.2) is 61.2 Å². The molecule has 7 heteroatoms. The summed E-state index contributed by atoms with van der Waals surface area (Å²) in [7, 11) is 1.56. The van der Waals surface area contributed by atoms with Crippen LogP contribution < -0.4 is 25.6 Å². The Morgan fingerprint density at radius 3 is 2.57 bits per heavy atom. The van der Waals surface area contributed by atoms with Crippen LogP contribution in [0.2, 0.25) is 0 Å². The lowest BCUT2D eigenvalue weighted by molar-refractivity contribution is -0.116. The molecule has 0 bridgehead atoms. The van der Waals surface area contributed by atoms with Crippen molar-refractivity contribution in [2.75, 3.05) is 19.0 Å². The molecular formula is C21H23N3O3S. The zero-order chi connectivity index (χ0) is 20.4. The van der Waals surface area contributed by atoms with Crippen LogP contribution in [0.25, 0.3) is 6.08 Å². The molecule has 2 aromatic rings. The normalized spacial score (nSPS) is 10.2. The maximum Gasteiger partial charge on any atom is 0.262 e. The van der Waals surface area contributed by atoms with Gasteiger partial charge in [-0.2, -0.15) is 0 Å². The number of ether oxygens (including phenoxy) is 2. The number of thiocarbonyl (C=S) groups is 1. The van der Waals surface area contributed by atoms with Crippen molar-refractivity contribution < 1.29 is 14.3 Å². The first kappa shape index (κ1) is 21.0. The molecule has 0 aliphatic carbocycles. The van der Waals surface area contributed by atoms with E-state index in [0.717, 1.165) is 16.8 Å². The van der Waals surface area contributed by atoms with Gasteiger partial charge in [-0.25, -0.2) is 0 Å². The molecule has 28 heavy (non-hydrogen) atoms. The fourth-order valence-electron chi connectivity index (χ4n) is 2.19. The number of nitrogens with one attached hydrogen (secondary N) is 3. The van der Waals surface area contributed by atoms with Crippen molar-refractivity contribution in [2.45, 2.75) is 6.92 Å². The van der Waals surface area contributed by atoms with Crippen molar-refractivity contribution in [3.63, 3.8) is 0 Å². The molecule has 0 aliphatic rings. The van der Waals surface area contributed by atoms with Gasteiger partial charge < -0.3 is 14.8 Å². The fourth-order valence-corrected chi connectivity index (χ4v) is 2.36. The molecule has 1 amide bonds. The number of carbonyl (C=O) groups is 1. The summed E-state index contributed by atoms with van der Waals surface area (Å²) in [4.78, 5) is 12.0. The number of hydrogen-bond donors (Lipinski definition) is 3. The molecule has 0 heterocycles. The van der Waals surface area contributed by atoms with E-state index >= 15 is 0 Å². The second kappa shape index (κ2) is 10.7. The molecule has 0 radical (unpaired) electrons. The van der Waals surface area contributed by atoms with Gasteiger partial charge >= 0.3 is 0 Å². The van der Waals surface area contributed by atoms with Crippen molar-refractivity contribution in [3.8, 4) is 11.5 Å². The molecule has 6 nitrogen and oxygen atoms in total. The van der Waals surface area contributed by atoms with E-state index in [1.165, 1.54) is 6.08 Å². The molecular weight excluding hydrogens is 374 g/mol. The minimum Gasteiger partial charge on any atom is -0.493 e. The molecule has 0 spiro atoms. The third-order valence-electron chi connectivity index (χ3n) is 3.58. The minimum atomic E-state index is -0.348. The van der Waals surface area contributed by atoms with Crippen LogP contribution in [0.4, 0.5) is 5.69 Å². The third kappa shape index (κ3) is 6.77. The van der Waals surface area contributed by atoms with E-state index in [4.69, 9.17) is 21.7 Å². The summed E-state index contributed by atoms with van der Waals surface area (Å²) in [6.45, 7) is 6.00. The fraction of sp³-hybridized carbons (Fsp3) is 0.143. The van der Waals surface area contributed by atoms with E-state index in [0.29, 0.717) is 18.1 Å². The SMILES string of the molecule is C=CCOc1ccc(/C=C/C(=O)NNC(=S)Nc2ccc(C)cc2)cc1OC. The average molecular weight is 398 g/mol. The Hall–Kier alpha value is -3.32. The molecule has 0 unspecified atom stereocenters. The Labute approximate surface area is 170 Å². The first-order chi connectivity index (χ1) is 13.5. The first-order valence-corrected chi connectivity index (χ1v) is 8.96. The smallest absolute Gasteiger partial charge is 0.262 e. The van der Waals surface area contributed by atoms with E-state index in [9.17, 15) is 4.79 Å². The number of hydrogen-bond acceptors (Lipinski definition) is 4. The predicted octanol–water partition coefficient (Wildman–Crippen LogP) is 3.60. The Kier molecular flexibility index (Phi) is 8.05. The lowest BCUT2D eigenvalue weighted by Gasteiger charge is -2.11. The van der Waals surface area contributed by atoms with Gasteiger partial charge in [-0.15, -0.1) is 0 Å². The molecule has 0 atom stereocenters. The number of carbonyl (C=O) groups excluding carboxylic acids is 1. The van der Waals surface area contributed by atoms with Crippen LogP contribution >= 0.6 is 12.2 Å². The lowest BCUT2D eigenvalue weighted by atomic mass is 10.2. The summed E-state index contributed by atoms with van der Waals surface area (Å²) in [6, 6.07) is 13.1. The van der Waals surface area contributed by atoms with E-state index in [-0.39, 0.29) is 11.0 Å². The highest BCUT2D eigenvalue weighted by Gasteiger charge is 2.05. The van der Waals surface area contributed by atoms with E-state index < -0.39 is 0 Å². The molecule has 0 saturated heterocycles. The van der Waals surface area contributed by atoms with Crippen LogP contribution in [-0.4, -0.2) is 24.7 Å². The van der Waals surface area contributed by atoms with E-state index in [2.05, 4.69) is 22.7 Å². The molecule has 0 saturated carbocycles. The van der Waals surface area contributed by atoms with Crippen molar-refractivity contribution in [1.29, 1.82) is 0 Å². The van der Waals surface area contributed by atoms with Crippen LogP contribution in [-0.2, 0) is 4.79 Å². The topological polar surface area (TPSA) is 71.6 Å². The lowest BCUT2D eigenvalue weighted by Crippen LogP contribution is -2.43. The first-order valence-electron chi connectivity index (χ1n) is 8.55. The highest BCUT2D eigenvalue weighted by atomic mass is 32.1. The van der Waals surface area contributed by atoms with Crippen LogP contribution in [0.5, 0.6) is 11.5 Å². The Balaban J connectivity index is 1.86.